The van der Waals surface area contributed by atoms with Crippen LogP contribution in [0, 0.1) is 19.3 Å². The van der Waals surface area contributed by atoms with Gasteiger partial charge in [-0.05, 0) is 85.9 Å². The minimum atomic E-state index is -2.28. The van der Waals surface area contributed by atoms with E-state index in [2.05, 4.69) is 82.8 Å². The number of nitrogens with zero attached hydrogens (tertiary/aromatic N) is 3. The summed E-state index contributed by atoms with van der Waals surface area (Å²) in [6.07, 6.45) is 0.285. The van der Waals surface area contributed by atoms with Crippen LogP contribution < -0.4 is 4.43 Å². The normalized spacial score (nSPS) is 14.4. The highest BCUT2D eigenvalue weighted by molar-refractivity contribution is 6.75. The summed E-state index contributed by atoms with van der Waals surface area (Å²) in [6.45, 7) is 32.9. The summed E-state index contributed by atoms with van der Waals surface area (Å²) in [5.41, 5.74) is 2.84. The Balaban J connectivity index is 2.03. The second-order valence-electron chi connectivity index (χ2n) is 14.1. The monoisotopic (exact) mass is 629 g/mol. The quantitative estimate of drug-likeness (QED) is 0.174. The smallest absolute Gasteiger partial charge is 0.250 e. The number of rotatable bonds is 9. The third-order valence-electron chi connectivity index (χ3n) is 9.00. The second kappa shape index (κ2) is 12.2. The van der Waals surface area contributed by atoms with Crippen LogP contribution in [0.2, 0.25) is 41.3 Å². The van der Waals surface area contributed by atoms with Crippen LogP contribution in [0.3, 0.4) is 0 Å². The molecule has 1 aromatic heterocycles. The molecule has 3 aromatic rings. The summed E-state index contributed by atoms with van der Waals surface area (Å²) in [7, 11) is -4.42. The van der Waals surface area contributed by atoms with E-state index in [1.54, 1.807) is 18.2 Å². The molecule has 42 heavy (non-hydrogen) atoms. The standard InChI is InChI=1S/C32H45ClFN3O3Si2/c1-20-22(15-17-26(35-9)28(20)33)18-24(21(2)39-41(10,11)31(3,4)5)30-37-36-29(38-30)23-14-16-25(34)27(19-23)40-42(12,13)32(6,7)8/h14-17,19,21,24H,18H2,1-8,10-13H3/t21-,24?/m1/s1. The fourth-order valence-electron chi connectivity index (χ4n) is 4.08. The number of hydrogen-bond acceptors (Lipinski definition) is 5. The largest absolute Gasteiger partial charge is 0.542 e. The summed E-state index contributed by atoms with van der Waals surface area (Å²) in [5, 5.41) is 9.20. The van der Waals surface area contributed by atoms with Gasteiger partial charge in [-0.3, -0.25) is 0 Å². The summed E-state index contributed by atoms with van der Waals surface area (Å²) in [6, 6.07) is 8.33. The van der Waals surface area contributed by atoms with Crippen LogP contribution in [0.25, 0.3) is 16.3 Å². The Morgan fingerprint density at radius 3 is 2.19 bits per heavy atom. The van der Waals surface area contributed by atoms with E-state index in [0.29, 0.717) is 28.6 Å². The van der Waals surface area contributed by atoms with E-state index in [9.17, 15) is 4.39 Å². The number of aromatic nitrogens is 2. The zero-order valence-electron chi connectivity index (χ0n) is 27.1. The van der Waals surface area contributed by atoms with Gasteiger partial charge in [0, 0.05) is 5.56 Å². The van der Waals surface area contributed by atoms with Gasteiger partial charge < -0.3 is 13.3 Å². The molecule has 0 radical (unpaired) electrons. The molecule has 0 fully saturated rings. The molecule has 0 bridgehead atoms. The van der Waals surface area contributed by atoms with Crippen molar-refractivity contribution in [1.29, 1.82) is 0 Å². The maximum Gasteiger partial charge on any atom is 0.250 e. The van der Waals surface area contributed by atoms with Crippen molar-refractivity contribution in [3.8, 4) is 17.2 Å². The highest BCUT2D eigenvalue weighted by Crippen LogP contribution is 2.42. The van der Waals surface area contributed by atoms with Gasteiger partial charge in [-0.1, -0.05) is 65.3 Å². The van der Waals surface area contributed by atoms with Crippen LogP contribution in [-0.4, -0.2) is 32.9 Å². The lowest BCUT2D eigenvalue weighted by Crippen LogP contribution is -2.44. The number of benzene rings is 2. The molecule has 0 amide bonds. The first-order valence-corrected chi connectivity index (χ1v) is 20.5. The molecule has 10 heteroatoms. The average Bonchev–Trinajstić information content (AvgIpc) is 3.34. The van der Waals surface area contributed by atoms with Gasteiger partial charge in [-0.25, -0.2) is 9.24 Å². The first kappa shape index (κ1) is 34.0. The van der Waals surface area contributed by atoms with E-state index in [0.717, 1.165) is 11.1 Å². The van der Waals surface area contributed by atoms with Crippen molar-refractivity contribution in [3.63, 3.8) is 0 Å². The fourth-order valence-corrected chi connectivity index (χ4v) is 6.76. The highest BCUT2D eigenvalue weighted by Gasteiger charge is 2.41. The van der Waals surface area contributed by atoms with Gasteiger partial charge in [0.25, 0.3) is 8.32 Å². The molecule has 1 heterocycles. The Hall–Kier alpha value is -2.52. The Morgan fingerprint density at radius 1 is 1.00 bits per heavy atom. The summed E-state index contributed by atoms with van der Waals surface area (Å²) >= 11 is 6.53. The molecule has 2 aromatic carbocycles. The number of hydrogen-bond donors (Lipinski definition) is 0. The molecule has 1 unspecified atom stereocenters. The van der Waals surface area contributed by atoms with Gasteiger partial charge in [0.2, 0.25) is 17.5 Å². The van der Waals surface area contributed by atoms with Crippen LogP contribution in [-0.2, 0) is 10.8 Å². The molecule has 0 saturated heterocycles. The lowest BCUT2D eigenvalue weighted by atomic mass is 9.92. The van der Waals surface area contributed by atoms with Crippen LogP contribution >= 0.6 is 11.6 Å². The Labute approximate surface area is 258 Å². The van der Waals surface area contributed by atoms with Crippen molar-refractivity contribution in [3.05, 3.63) is 69.6 Å². The number of halogens is 2. The molecule has 0 aliphatic carbocycles. The first-order chi connectivity index (χ1) is 19.2. The summed E-state index contributed by atoms with van der Waals surface area (Å²) in [4.78, 5) is 3.53. The third-order valence-corrected chi connectivity index (χ3v) is 18.4. The van der Waals surface area contributed by atoms with Crippen molar-refractivity contribution in [2.24, 2.45) is 0 Å². The maximum absolute atomic E-state index is 14.9. The van der Waals surface area contributed by atoms with Crippen molar-refractivity contribution in [2.45, 2.75) is 110 Å². The SMILES string of the molecule is [C-]#[N+]c1ccc(CC(c2nnc(-c3ccc(F)c(O[Si](C)(C)C(C)(C)C)c3)o2)[C@@H](C)O[Si](C)(C)C(C)(C)C)c(C)c1Cl. The fraction of sp³-hybridized carbons (Fsp3) is 0.531. The topological polar surface area (TPSA) is 61.7 Å². The molecule has 6 nitrogen and oxygen atoms in total. The van der Waals surface area contributed by atoms with E-state index in [4.69, 9.17) is 31.4 Å². The average molecular weight is 630 g/mol. The predicted octanol–water partition coefficient (Wildman–Crippen LogP) is 10.5. The van der Waals surface area contributed by atoms with Gasteiger partial charge in [-0.15, -0.1) is 10.2 Å². The van der Waals surface area contributed by atoms with Crippen molar-refractivity contribution < 1.29 is 17.7 Å². The molecule has 0 spiro atoms. The molecule has 0 saturated carbocycles. The van der Waals surface area contributed by atoms with Gasteiger partial charge in [0.1, 0.15) is 5.75 Å². The van der Waals surface area contributed by atoms with Crippen molar-refractivity contribution in [2.75, 3.05) is 0 Å². The van der Waals surface area contributed by atoms with Crippen LogP contribution in [0.5, 0.6) is 5.75 Å². The third kappa shape index (κ3) is 7.33. The minimum absolute atomic E-state index is 0.0109. The minimum Gasteiger partial charge on any atom is -0.542 e. The van der Waals surface area contributed by atoms with Gasteiger partial charge >= 0.3 is 0 Å². The molecule has 2 atom stereocenters. The Kier molecular flexibility index (Phi) is 9.90. The van der Waals surface area contributed by atoms with Crippen LogP contribution in [0.1, 0.15) is 71.4 Å². The van der Waals surface area contributed by atoms with E-state index < -0.39 is 22.5 Å². The van der Waals surface area contributed by atoms with Crippen molar-refractivity contribution >= 4 is 33.9 Å². The summed E-state index contributed by atoms with van der Waals surface area (Å²) in [5.74, 6) is 0.199. The predicted molar refractivity (Wildman–Crippen MR) is 174 cm³/mol. The molecule has 228 valence electrons. The van der Waals surface area contributed by atoms with Crippen LogP contribution in [0.15, 0.2) is 34.7 Å². The van der Waals surface area contributed by atoms with Gasteiger partial charge in [0.15, 0.2) is 14.1 Å². The van der Waals surface area contributed by atoms with E-state index in [1.165, 1.54) is 6.07 Å². The maximum atomic E-state index is 14.9. The molecule has 0 aliphatic rings. The van der Waals surface area contributed by atoms with Gasteiger partial charge in [0.05, 0.1) is 23.6 Å². The second-order valence-corrected chi connectivity index (χ2v) is 24.0. The van der Waals surface area contributed by atoms with Crippen LogP contribution in [0.4, 0.5) is 10.1 Å². The Bertz CT molecular complexity index is 1470. The first-order valence-electron chi connectivity index (χ1n) is 14.3. The molecule has 0 N–H and O–H groups in total. The molecule has 0 aliphatic heterocycles. The zero-order chi connectivity index (χ0) is 31.8. The Morgan fingerprint density at radius 2 is 1.62 bits per heavy atom. The van der Waals surface area contributed by atoms with Gasteiger partial charge in [-0.2, -0.15) is 0 Å². The van der Waals surface area contributed by atoms with E-state index in [-0.39, 0.29) is 33.7 Å². The molecular formula is C32H45ClFN3O3Si2. The lowest BCUT2D eigenvalue weighted by Gasteiger charge is -2.40. The molecular weight excluding hydrogens is 585 g/mol. The zero-order valence-corrected chi connectivity index (χ0v) is 29.8. The summed E-state index contributed by atoms with van der Waals surface area (Å²) < 4.78 is 34.2. The van der Waals surface area contributed by atoms with E-state index >= 15 is 0 Å². The lowest BCUT2D eigenvalue weighted by molar-refractivity contribution is 0.154. The van der Waals surface area contributed by atoms with Crippen molar-refractivity contribution in [1.82, 2.24) is 10.2 Å². The molecule has 3 rings (SSSR count). The highest BCUT2D eigenvalue weighted by atomic mass is 35.5. The van der Waals surface area contributed by atoms with E-state index in [1.807, 2.05) is 19.9 Å².